The minimum Gasteiger partial charge on any atom is -0.481 e. The Labute approximate surface area is 191 Å². The van der Waals surface area contributed by atoms with E-state index in [1.807, 2.05) is 19.9 Å². The first-order chi connectivity index (χ1) is 15.8. The largest absolute Gasteiger partial charge is 0.481 e. The van der Waals surface area contributed by atoms with Crippen LogP contribution in [0.4, 0.5) is 8.78 Å². The summed E-state index contributed by atoms with van der Waals surface area (Å²) in [5, 5.41) is 0. The Morgan fingerprint density at radius 2 is 1.58 bits per heavy atom. The average Bonchev–Trinajstić information content (AvgIpc) is 3.10. The molecule has 0 aromatic heterocycles. The van der Waals surface area contributed by atoms with Gasteiger partial charge in [0.05, 0.1) is 0 Å². The summed E-state index contributed by atoms with van der Waals surface area (Å²) < 4.78 is 39.4. The standard InChI is InChI=1S/C28H24F2O3/c1-15-14-24(17(3)25-22(15)12-13-23-16(2)28(31)33-27(23)25)32-26(18-4-8-20(29)9-5-18)19-6-10-21(30)11-7-19/h4-11,14,23,26-27H,2,12-13H2,1,3H3/t23-,27+/m0/s1. The number of carbonyl (C=O) groups excluding carboxylic acids is 1. The summed E-state index contributed by atoms with van der Waals surface area (Å²) in [5.74, 6) is -0.391. The molecule has 0 unspecified atom stereocenters. The molecule has 0 radical (unpaired) electrons. The highest BCUT2D eigenvalue weighted by molar-refractivity contribution is 5.91. The third-order valence-electron chi connectivity index (χ3n) is 6.81. The minimum absolute atomic E-state index is 0.0247. The van der Waals surface area contributed by atoms with Crippen molar-refractivity contribution in [1.29, 1.82) is 0 Å². The van der Waals surface area contributed by atoms with E-state index in [4.69, 9.17) is 9.47 Å². The first kappa shape index (κ1) is 21.4. The lowest BCUT2D eigenvalue weighted by Gasteiger charge is -2.31. The summed E-state index contributed by atoms with van der Waals surface area (Å²) in [6.45, 7) is 7.94. The maximum absolute atomic E-state index is 13.6. The summed E-state index contributed by atoms with van der Waals surface area (Å²) in [7, 11) is 0. The monoisotopic (exact) mass is 446 g/mol. The van der Waals surface area contributed by atoms with Gasteiger partial charge in [-0.05, 0) is 84.8 Å². The second-order valence-corrected chi connectivity index (χ2v) is 8.81. The fourth-order valence-corrected chi connectivity index (χ4v) is 5.03. The molecule has 1 saturated heterocycles. The zero-order valence-corrected chi connectivity index (χ0v) is 18.5. The SMILES string of the molecule is C=C1C(=O)O[C@H]2c3c(C)c(OC(c4ccc(F)cc4)c4ccc(F)cc4)cc(C)c3CC[C@@H]12. The van der Waals surface area contributed by atoms with Crippen molar-refractivity contribution in [2.45, 2.75) is 38.9 Å². The summed E-state index contributed by atoms with van der Waals surface area (Å²) >= 11 is 0. The maximum Gasteiger partial charge on any atom is 0.334 e. The summed E-state index contributed by atoms with van der Waals surface area (Å²) in [6, 6.07) is 14.2. The Morgan fingerprint density at radius 1 is 1.00 bits per heavy atom. The van der Waals surface area contributed by atoms with E-state index in [0.29, 0.717) is 11.3 Å². The fourth-order valence-electron chi connectivity index (χ4n) is 5.03. The van der Waals surface area contributed by atoms with E-state index in [9.17, 15) is 13.6 Å². The molecule has 3 aromatic rings. The van der Waals surface area contributed by atoms with E-state index in [1.54, 1.807) is 24.3 Å². The van der Waals surface area contributed by atoms with Crippen molar-refractivity contribution in [2.24, 2.45) is 5.92 Å². The molecule has 3 aromatic carbocycles. The van der Waals surface area contributed by atoms with Crippen molar-refractivity contribution in [3.8, 4) is 5.75 Å². The van der Waals surface area contributed by atoms with E-state index >= 15 is 0 Å². The molecule has 1 fully saturated rings. The van der Waals surface area contributed by atoms with Crippen LogP contribution in [0.3, 0.4) is 0 Å². The summed E-state index contributed by atoms with van der Waals surface area (Å²) in [5.41, 5.74) is 6.17. The number of rotatable bonds is 4. The molecule has 2 atom stereocenters. The zero-order valence-electron chi connectivity index (χ0n) is 18.5. The number of fused-ring (bicyclic) bond motifs is 3. The Bertz CT molecular complexity index is 1200. The van der Waals surface area contributed by atoms with Gasteiger partial charge in [-0.2, -0.15) is 0 Å². The molecule has 2 aliphatic rings. The van der Waals surface area contributed by atoms with Gasteiger partial charge in [0.15, 0.2) is 0 Å². The van der Waals surface area contributed by atoms with Gasteiger partial charge >= 0.3 is 5.97 Å². The van der Waals surface area contributed by atoms with Crippen molar-refractivity contribution >= 4 is 5.97 Å². The Balaban J connectivity index is 1.59. The summed E-state index contributed by atoms with van der Waals surface area (Å²) in [4.78, 5) is 12.2. The van der Waals surface area contributed by atoms with Gasteiger partial charge in [-0.25, -0.2) is 13.6 Å². The van der Waals surface area contributed by atoms with Crippen molar-refractivity contribution < 1.29 is 23.0 Å². The Kier molecular flexibility index (Phi) is 5.28. The van der Waals surface area contributed by atoms with Crippen molar-refractivity contribution in [3.05, 3.63) is 112 Å². The molecule has 1 aliphatic carbocycles. The molecule has 168 valence electrons. The van der Waals surface area contributed by atoms with E-state index in [1.165, 1.54) is 29.8 Å². The van der Waals surface area contributed by atoms with Gasteiger partial charge in [-0.1, -0.05) is 30.8 Å². The van der Waals surface area contributed by atoms with Crippen molar-refractivity contribution in [3.63, 3.8) is 0 Å². The topological polar surface area (TPSA) is 35.5 Å². The van der Waals surface area contributed by atoms with Crippen molar-refractivity contribution in [1.82, 2.24) is 0 Å². The molecule has 0 bridgehead atoms. The van der Waals surface area contributed by atoms with Crippen LogP contribution < -0.4 is 4.74 Å². The predicted octanol–water partition coefficient (Wildman–Crippen LogP) is 6.47. The lowest BCUT2D eigenvalue weighted by atomic mass is 9.76. The van der Waals surface area contributed by atoms with Crippen LogP contribution in [-0.4, -0.2) is 5.97 Å². The number of halogens is 2. The van der Waals surface area contributed by atoms with Crippen LogP contribution in [0.5, 0.6) is 5.75 Å². The Hall–Kier alpha value is -3.47. The second kappa shape index (κ2) is 8.14. The number of hydrogen-bond acceptors (Lipinski definition) is 3. The normalized spacial score (nSPS) is 19.3. The van der Waals surface area contributed by atoms with E-state index in [2.05, 4.69) is 6.58 Å². The van der Waals surface area contributed by atoms with Crippen LogP contribution in [-0.2, 0) is 16.0 Å². The van der Waals surface area contributed by atoms with Crippen molar-refractivity contribution in [2.75, 3.05) is 0 Å². The lowest BCUT2D eigenvalue weighted by Crippen LogP contribution is -2.21. The highest BCUT2D eigenvalue weighted by Gasteiger charge is 2.44. The number of ether oxygens (including phenoxy) is 2. The minimum atomic E-state index is -0.567. The first-order valence-electron chi connectivity index (χ1n) is 11.0. The van der Waals surface area contributed by atoms with Gasteiger partial charge in [0.2, 0.25) is 0 Å². The quantitative estimate of drug-likeness (QED) is 0.341. The van der Waals surface area contributed by atoms with Gasteiger partial charge in [0.25, 0.3) is 0 Å². The van der Waals surface area contributed by atoms with Crippen LogP contribution in [0, 0.1) is 31.4 Å². The average molecular weight is 446 g/mol. The van der Waals surface area contributed by atoms with Gasteiger partial charge < -0.3 is 9.47 Å². The predicted molar refractivity (Wildman–Crippen MR) is 121 cm³/mol. The number of aryl methyl sites for hydroxylation is 1. The molecule has 0 N–H and O–H groups in total. The fraction of sp³-hybridized carbons (Fsp3) is 0.250. The van der Waals surface area contributed by atoms with Crippen LogP contribution >= 0.6 is 0 Å². The summed E-state index contributed by atoms with van der Waals surface area (Å²) in [6.07, 6.45) is 0.753. The molecule has 5 rings (SSSR count). The third kappa shape index (κ3) is 3.71. The molecular formula is C28H24F2O3. The van der Waals surface area contributed by atoms with Crippen LogP contribution in [0.25, 0.3) is 0 Å². The molecule has 0 saturated carbocycles. The van der Waals surface area contributed by atoms with Crippen LogP contribution in [0.2, 0.25) is 0 Å². The van der Waals surface area contributed by atoms with Gasteiger partial charge in [-0.15, -0.1) is 0 Å². The number of benzene rings is 3. The van der Waals surface area contributed by atoms with Gasteiger partial charge in [0, 0.05) is 17.1 Å². The van der Waals surface area contributed by atoms with E-state index in [0.717, 1.165) is 40.7 Å². The smallest absolute Gasteiger partial charge is 0.334 e. The van der Waals surface area contributed by atoms with Crippen LogP contribution in [0.1, 0.15) is 52.0 Å². The van der Waals surface area contributed by atoms with E-state index in [-0.39, 0.29) is 29.6 Å². The third-order valence-corrected chi connectivity index (χ3v) is 6.81. The molecule has 5 heteroatoms. The molecule has 0 spiro atoms. The van der Waals surface area contributed by atoms with Crippen LogP contribution in [0.15, 0.2) is 66.7 Å². The molecule has 0 amide bonds. The zero-order chi connectivity index (χ0) is 23.3. The molecule has 1 aliphatic heterocycles. The molecular weight excluding hydrogens is 422 g/mol. The number of hydrogen-bond donors (Lipinski definition) is 0. The second-order valence-electron chi connectivity index (χ2n) is 8.81. The first-order valence-corrected chi connectivity index (χ1v) is 11.0. The Morgan fingerprint density at radius 3 is 2.15 bits per heavy atom. The number of esters is 1. The van der Waals surface area contributed by atoms with Gasteiger partial charge in [0.1, 0.15) is 29.6 Å². The highest BCUT2D eigenvalue weighted by Crippen LogP contribution is 2.49. The van der Waals surface area contributed by atoms with E-state index < -0.39 is 6.10 Å². The number of carbonyl (C=O) groups is 1. The maximum atomic E-state index is 13.6. The lowest BCUT2D eigenvalue weighted by molar-refractivity contribution is -0.139. The van der Waals surface area contributed by atoms with Gasteiger partial charge in [-0.3, -0.25) is 0 Å². The molecule has 3 nitrogen and oxygen atoms in total. The molecule has 33 heavy (non-hydrogen) atoms. The highest BCUT2D eigenvalue weighted by atomic mass is 19.1. The molecule has 1 heterocycles.